The van der Waals surface area contributed by atoms with Crippen LogP contribution in [0.15, 0.2) is 5.57 Å². The lowest BCUT2D eigenvalue weighted by Gasteiger charge is -2.19. The number of hydrogen-bond donors (Lipinski definition) is 1. The van der Waals surface area contributed by atoms with Crippen molar-refractivity contribution in [2.75, 3.05) is 0 Å². The van der Waals surface area contributed by atoms with Gasteiger partial charge in [0.1, 0.15) is 17.1 Å². The Hall–Kier alpha value is -1.61. The van der Waals surface area contributed by atoms with E-state index in [9.17, 15) is 14.4 Å². The molecule has 0 spiro atoms. The van der Waals surface area contributed by atoms with Gasteiger partial charge >= 0.3 is 11.9 Å². The Morgan fingerprint density at radius 3 is 2.12 bits per heavy atom. The summed E-state index contributed by atoms with van der Waals surface area (Å²) in [4.78, 5) is 32.0. The number of esters is 1. The topological polar surface area (TPSA) is 80.7 Å². The van der Waals surface area contributed by atoms with E-state index in [1.54, 1.807) is 20.8 Å². The summed E-state index contributed by atoms with van der Waals surface area (Å²) in [6, 6.07) is 0. The van der Waals surface area contributed by atoms with Gasteiger partial charge in [0.25, 0.3) is 0 Å². The largest absolute Gasteiger partial charge is 0.477 e. The van der Waals surface area contributed by atoms with Crippen molar-refractivity contribution in [2.45, 2.75) is 52.1 Å². The molecule has 0 amide bonds. The van der Waals surface area contributed by atoms with Gasteiger partial charge in [-0.1, -0.05) is 0 Å². The Balaban J connectivity index is 3.83. The third kappa shape index (κ3) is 8.22. The maximum Gasteiger partial charge on any atom is 0.342 e. The first-order valence-corrected chi connectivity index (χ1v) is 5.45. The summed E-state index contributed by atoms with van der Waals surface area (Å²) in [6.45, 7) is 5.34. The second kappa shape index (κ2) is 6.86. The summed E-state index contributed by atoms with van der Waals surface area (Å²) in [5, 5.41) is 8.54. The van der Waals surface area contributed by atoms with Gasteiger partial charge in [-0.2, -0.15) is 0 Å². The second-order valence-electron chi connectivity index (χ2n) is 4.68. The molecule has 5 heteroatoms. The molecular formula is C12H18O5. The average molecular weight is 242 g/mol. The molecule has 5 nitrogen and oxygen atoms in total. The Labute approximate surface area is 100 Å². The van der Waals surface area contributed by atoms with Gasteiger partial charge in [0.15, 0.2) is 0 Å². The zero-order valence-corrected chi connectivity index (χ0v) is 10.4. The summed E-state index contributed by atoms with van der Waals surface area (Å²) < 4.78 is 5.08. The fourth-order valence-electron chi connectivity index (χ4n) is 1.17. The number of carbonyl (C=O) groups is 2. The van der Waals surface area contributed by atoms with Crippen molar-refractivity contribution in [1.82, 2.24) is 0 Å². The van der Waals surface area contributed by atoms with Crippen molar-refractivity contribution in [3.05, 3.63) is 5.57 Å². The van der Waals surface area contributed by atoms with E-state index in [0.717, 1.165) is 0 Å². The van der Waals surface area contributed by atoms with Crippen LogP contribution in [0, 0.1) is 0 Å². The number of ether oxygens (including phenoxy) is 1. The minimum absolute atomic E-state index is 0.127. The van der Waals surface area contributed by atoms with Crippen molar-refractivity contribution in [3.63, 3.8) is 0 Å². The minimum atomic E-state index is -1.25. The van der Waals surface area contributed by atoms with Crippen molar-refractivity contribution >= 4 is 17.9 Å². The van der Waals surface area contributed by atoms with Crippen LogP contribution in [0.5, 0.6) is 0 Å². The number of carbonyl (C=O) groups excluding carboxylic acids is 2. The van der Waals surface area contributed by atoms with Crippen LogP contribution < -0.4 is 0 Å². The molecule has 0 saturated carbocycles. The fourth-order valence-corrected chi connectivity index (χ4v) is 1.17. The van der Waals surface area contributed by atoms with Crippen LogP contribution in [-0.4, -0.2) is 28.6 Å². The van der Waals surface area contributed by atoms with E-state index in [0.29, 0.717) is 12.8 Å². The van der Waals surface area contributed by atoms with Gasteiger partial charge in [0.2, 0.25) is 0 Å². The molecule has 0 fully saturated rings. The van der Waals surface area contributed by atoms with E-state index in [1.807, 2.05) is 0 Å². The molecule has 0 bridgehead atoms. The van der Waals surface area contributed by atoms with Crippen LogP contribution in [-0.2, 0) is 19.1 Å². The Kier molecular flexibility index (Phi) is 6.21. The SMILES string of the molecule is CC(C)(C)OC(=O)CCCCC(=C=O)C(=O)O. The lowest BCUT2D eigenvalue weighted by molar-refractivity contribution is -0.154. The van der Waals surface area contributed by atoms with Crippen molar-refractivity contribution in [2.24, 2.45) is 0 Å². The number of carboxylic acids is 1. The molecule has 0 atom stereocenters. The van der Waals surface area contributed by atoms with E-state index in [2.05, 4.69) is 0 Å². The highest BCUT2D eigenvalue weighted by molar-refractivity contribution is 5.95. The van der Waals surface area contributed by atoms with Gasteiger partial charge in [-0.3, -0.25) is 4.79 Å². The normalized spacial score (nSPS) is 10.5. The lowest BCUT2D eigenvalue weighted by Crippen LogP contribution is -2.23. The van der Waals surface area contributed by atoms with E-state index >= 15 is 0 Å². The van der Waals surface area contributed by atoms with Crippen LogP contribution in [0.25, 0.3) is 0 Å². The van der Waals surface area contributed by atoms with Crippen molar-refractivity contribution in [1.29, 1.82) is 0 Å². The second-order valence-corrected chi connectivity index (χ2v) is 4.68. The maximum atomic E-state index is 11.3. The molecular weight excluding hydrogens is 224 g/mol. The Bertz CT molecular complexity index is 331. The highest BCUT2D eigenvalue weighted by atomic mass is 16.6. The van der Waals surface area contributed by atoms with Crippen LogP contribution in [0.3, 0.4) is 0 Å². The molecule has 1 N–H and O–H groups in total. The summed E-state index contributed by atoms with van der Waals surface area (Å²) in [5.74, 6) is -0.189. The zero-order chi connectivity index (χ0) is 13.5. The number of unbranched alkanes of at least 4 members (excludes halogenated alkanes) is 1. The van der Waals surface area contributed by atoms with E-state index < -0.39 is 11.6 Å². The monoisotopic (exact) mass is 242 g/mol. The number of rotatable bonds is 6. The predicted octanol–water partition coefficient (Wildman–Crippen LogP) is 1.73. The summed E-state index contributed by atoms with van der Waals surface area (Å²) in [6.07, 6.45) is 1.30. The molecule has 0 aliphatic rings. The number of carboxylic acid groups (broad SMARTS) is 1. The predicted molar refractivity (Wildman–Crippen MR) is 61.2 cm³/mol. The van der Waals surface area contributed by atoms with Crippen LogP contribution in [0.2, 0.25) is 0 Å². The first-order valence-electron chi connectivity index (χ1n) is 5.45. The van der Waals surface area contributed by atoms with Crippen LogP contribution >= 0.6 is 0 Å². The molecule has 0 aromatic heterocycles. The maximum absolute atomic E-state index is 11.3. The third-order valence-corrected chi connectivity index (χ3v) is 1.86. The number of aliphatic carboxylic acids is 1. The number of hydrogen-bond acceptors (Lipinski definition) is 4. The molecule has 0 aromatic rings. The van der Waals surface area contributed by atoms with Gasteiger partial charge < -0.3 is 9.84 Å². The highest BCUT2D eigenvalue weighted by Gasteiger charge is 2.16. The average Bonchev–Trinajstić information content (AvgIpc) is 2.14. The molecule has 0 aromatic carbocycles. The van der Waals surface area contributed by atoms with Crippen molar-refractivity contribution in [3.8, 4) is 0 Å². The Morgan fingerprint density at radius 2 is 1.71 bits per heavy atom. The van der Waals surface area contributed by atoms with Gasteiger partial charge in [0, 0.05) is 6.42 Å². The molecule has 0 unspecified atom stereocenters. The first-order chi connectivity index (χ1) is 7.76. The highest BCUT2D eigenvalue weighted by Crippen LogP contribution is 2.11. The van der Waals surface area contributed by atoms with E-state index in [4.69, 9.17) is 9.84 Å². The molecule has 0 rings (SSSR count). The molecule has 0 saturated heterocycles. The smallest absolute Gasteiger partial charge is 0.342 e. The molecule has 0 heterocycles. The summed E-state index contributed by atoms with van der Waals surface area (Å²) in [5.41, 5.74) is -0.791. The third-order valence-electron chi connectivity index (χ3n) is 1.86. The molecule has 0 radical (unpaired) electrons. The van der Waals surface area contributed by atoms with Crippen LogP contribution in [0.1, 0.15) is 46.5 Å². The molecule has 17 heavy (non-hydrogen) atoms. The lowest BCUT2D eigenvalue weighted by atomic mass is 10.1. The van der Waals surface area contributed by atoms with E-state index in [1.165, 1.54) is 5.94 Å². The quantitative estimate of drug-likeness (QED) is 0.332. The molecule has 0 aliphatic carbocycles. The zero-order valence-electron chi connectivity index (χ0n) is 10.4. The molecule has 0 aliphatic heterocycles. The minimum Gasteiger partial charge on any atom is -0.477 e. The van der Waals surface area contributed by atoms with Gasteiger partial charge in [-0.15, -0.1) is 0 Å². The fraction of sp³-hybridized carbons (Fsp3) is 0.667. The first kappa shape index (κ1) is 15.4. The standard InChI is InChI=1S/C12H18O5/c1-12(2,3)17-10(14)7-5-4-6-9(8-13)11(15)16/h4-7H2,1-3H3,(H,15,16). The van der Waals surface area contributed by atoms with Gasteiger partial charge in [-0.25, -0.2) is 9.59 Å². The molecule has 96 valence electrons. The Morgan fingerprint density at radius 1 is 1.18 bits per heavy atom. The van der Waals surface area contributed by atoms with E-state index in [-0.39, 0.29) is 24.4 Å². The van der Waals surface area contributed by atoms with Gasteiger partial charge in [-0.05, 0) is 40.0 Å². The van der Waals surface area contributed by atoms with Gasteiger partial charge in [0.05, 0.1) is 0 Å². The van der Waals surface area contributed by atoms with Crippen LogP contribution in [0.4, 0.5) is 0 Å². The summed E-state index contributed by atoms with van der Waals surface area (Å²) in [7, 11) is 0. The summed E-state index contributed by atoms with van der Waals surface area (Å²) >= 11 is 0. The van der Waals surface area contributed by atoms with Crippen molar-refractivity contribution < 1.29 is 24.2 Å².